The zero-order valence-electron chi connectivity index (χ0n) is 14.9. The maximum atomic E-state index is 12.6. The second kappa shape index (κ2) is 6.49. The molecule has 1 saturated heterocycles. The van der Waals surface area contributed by atoms with Gasteiger partial charge in [0.05, 0.1) is 0 Å². The summed E-state index contributed by atoms with van der Waals surface area (Å²) in [6.45, 7) is 7.51. The smallest absolute Gasteiger partial charge is 0.338 e. The first kappa shape index (κ1) is 18.4. The molecular weight excluding hydrogens is 300 g/mol. The number of ether oxygens (including phenoxy) is 4. The maximum absolute atomic E-state index is 12.6. The molecule has 23 heavy (non-hydrogen) atoms. The Balaban J connectivity index is 2.31. The van der Waals surface area contributed by atoms with Crippen molar-refractivity contribution in [1.82, 2.24) is 0 Å². The van der Waals surface area contributed by atoms with Crippen molar-refractivity contribution in [3.05, 3.63) is 0 Å². The highest BCUT2D eigenvalue weighted by atomic mass is 16.8. The summed E-state index contributed by atoms with van der Waals surface area (Å²) in [5.74, 6) is -2.49. The third kappa shape index (κ3) is 3.16. The number of hydrogen-bond donors (Lipinski definition) is 0. The molecule has 132 valence electrons. The molecule has 0 aromatic carbocycles. The number of rotatable bonds is 4. The van der Waals surface area contributed by atoms with Crippen LogP contribution in [0.1, 0.15) is 47.0 Å². The number of carbonyl (C=O) groups is 2. The van der Waals surface area contributed by atoms with E-state index >= 15 is 0 Å². The molecule has 0 spiro atoms. The second-order valence-corrected chi connectivity index (χ2v) is 7.11. The highest BCUT2D eigenvalue weighted by Gasteiger charge is 2.59. The molecule has 0 N–H and O–H groups in total. The summed E-state index contributed by atoms with van der Waals surface area (Å²) >= 11 is 0. The van der Waals surface area contributed by atoms with Gasteiger partial charge in [0, 0.05) is 39.9 Å². The summed E-state index contributed by atoms with van der Waals surface area (Å²) in [6, 6.07) is 0. The molecule has 6 heteroatoms. The zero-order chi connectivity index (χ0) is 17.4. The third-order valence-corrected chi connectivity index (χ3v) is 5.50. The van der Waals surface area contributed by atoms with Crippen LogP contribution in [-0.4, -0.2) is 43.7 Å². The summed E-state index contributed by atoms with van der Waals surface area (Å²) in [7, 11) is 2.93. The van der Waals surface area contributed by atoms with Crippen LogP contribution in [0.3, 0.4) is 0 Å². The van der Waals surface area contributed by atoms with E-state index in [0.29, 0.717) is 18.8 Å². The number of carbonyl (C=O) groups excluding carboxylic acids is 2. The predicted molar refractivity (Wildman–Crippen MR) is 82.5 cm³/mol. The van der Waals surface area contributed by atoms with E-state index in [2.05, 4.69) is 13.8 Å². The van der Waals surface area contributed by atoms with Crippen molar-refractivity contribution in [2.45, 2.75) is 64.6 Å². The van der Waals surface area contributed by atoms with E-state index in [9.17, 15) is 9.59 Å². The lowest BCUT2D eigenvalue weighted by molar-refractivity contribution is -0.410. The second-order valence-electron chi connectivity index (χ2n) is 7.11. The van der Waals surface area contributed by atoms with Crippen LogP contribution in [0, 0.1) is 17.8 Å². The molecule has 6 nitrogen and oxygen atoms in total. The van der Waals surface area contributed by atoms with Crippen molar-refractivity contribution in [1.29, 1.82) is 0 Å². The van der Waals surface area contributed by atoms with Crippen LogP contribution in [0.25, 0.3) is 0 Å². The largest absolute Gasteiger partial charge is 0.425 e. The Hall–Kier alpha value is -0.980. The van der Waals surface area contributed by atoms with E-state index in [4.69, 9.17) is 18.9 Å². The molecule has 5 atom stereocenters. The van der Waals surface area contributed by atoms with Crippen molar-refractivity contribution in [2.24, 2.45) is 17.8 Å². The predicted octanol–water partition coefficient (Wildman–Crippen LogP) is 2.29. The minimum Gasteiger partial charge on any atom is -0.425 e. The topological polar surface area (TPSA) is 71.1 Å². The van der Waals surface area contributed by atoms with Gasteiger partial charge < -0.3 is 18.9 Å². The molecule has 1 heterocycles. The van der Waals surface area contributed by atoms with Crippen LogP contribution in [-0.2, 0) is 28.5 Å². The monoisotopic (exact) mass is 328 g/mol. The first-order valence-electron chi connectivity index (χ1n) is 8.20. The van der Waals surface area contributed by atoms with Crippen LogP contribution in [0.5, 0.6) is 0 Å². The van der Waals surface area contributed by atoms with Gasteiger partial charge in [-0.05, 0) is 25.2 Å². The van der Waals surface area contributed by atoms with Gasteiger partial charge in [0.2, 0.25) is 5.79 Å². The normalized spacial score (nSPS) is 42.0. The van der Waals surface area contributed by atoms with Crippen LogP contribution in [0.15, 0.2) is 0 Å². The Labute approximate surface area is 137 Å². The van der Waals surface area contributed by atoms with Crippen molar-refractivity contribution in [3.8, 4) is 0 Å². The summed E-state index contributed by atoms with van der Waals surface area (Å²) in [5.41, 5.74) is 0. The Bertz CT molecular complexity index is 476. The number of cyclic esters (lactones) is 1. The Morgan fingerprint density at radius 2 is 1.74 bits per heavy atom. The number of esters is 1. The standard InChI is InChI=1S/C17H28O6/c1-10(2)12-8-7-11(18)9-13(12)14-15(19)23-17(4,21-6)16(3,20-5)22-14/h10,12-14H,7-9H2,1-6H3/t12-,13+,14?,16?,17?/m1/s1. The Morgan fingerprint density at radius 1 is 1.13 bits per heavy atom. The van der Waals surface area contributed by atoms with Gasteiger partial charge in [0.25, 0.3) is 5.79 Å². The fraction of sp³-hybridized carbons (Fsp3) is 0.882. The van der Waals surface area contributed by atoms with Crippen LogP contribution < -0.4 is 0 Å². The van der Waals surface area contributed by atoms with Crippen molar-refractivity contribution in [3.63, 3.8) is 0 Å². The fourth-order valence-corrected chi connectivity index (χ4v) is 3.68. The SMILES string of the molecule is COC1(C)OC(=O)C([C@H]2CC(=O)CC[C@@H]2C(C)C)OC1(C)OC. The van der Waals surface area contributed by atoms with Gasteiger partial charge in [-0.15, -0.1) is 0 Å². The number of hydrogen-bond acceptors (Lipinski definition) is 6. The summed E-state index contributed by atoms with van der Waals surface area (Å²) < 4.78 is 22.4. The fourth-order valence-electron chi connectivity index (χ4n) is 3.68. The molecule has 3 unspecified atom stereocenters. The van der Waals surface area contributed by atoms with Crippen molar-refractivity contribution in [2.75, 3.05) is 14.2 Å². The Kier molecular flexibility index (Phi) is 5.18. The highest BCUT2D eigenvalue weighted by molar-refractivity contribution is 5.82. The van der Waals surface area contributed by atoms with E-state index in [1.165, 1.54) is 14.2 Å². The van der Waals surface area contributed by atoms with Gasteiger partial charge in [-0.2, -0.15) is 0 Å². The highest BCUT2D eigenvalue weighted by Crippen LogP contribution is 2.44. The minimum absolute atomic E-state index is 0.169. The van der Waals surface area contributed by atoms with Crippen LogP contribution in [0.2, 0.25) is 0 Å². The quantitative estimate of drug-likeness (QED) is 0.738. The summed E-state index contributed by atoms with van der Waals surface area (Å²) in [5, 5.41) is 0. The summed E-state index contributed by atoms with van der Waals surface area (Å²) in [4.78, 5) is 24.5. The van der Waals surface area contributed by atoms with E-state index < -0.39 is 23.6 Å². The molecule has 0 aromatic rings. The molecule has 1 aliphatic heterocycles. The van der Waals surface area contributed by atoms with Crippen molar-refractivity contribution < 1.29 is 28.5 Å². The van der Waals surface area contributed by atoms with E-state index in [0.717, 1.165) is 6.42 Å². The molecule has 2 rings (SSSR count). The number of ketones is 1. The number of Topliss-reactive ketones (excluding diaryl/α,β-unsaturated/α-hetero) is 1. The van der Waals surface area contributed by atoms with Crippen molar-refractivity contribution >= 4 is 11.8 Å². The van der Waals surface area contributed by atoms with Gasteiger partial charge >= 0.3 is 5.97 Å². The lowest BCUT2D eigenvalue weighted by Crippen LogP contribution is -2.65. The van der Waals surface area contributed by atoms with Crippen LogP contribution in [0.4, 0.5) is 0 Å². The van der Waals surface area contributed by atoms with Gasteiger partial charge in [-0.25, -0.2) is 4.79 Å². The molecule has 2 aliphatic rings. The van der Waals surface area contributed by atoms with E-state index in [1.54, 1.807) is 13.8 Å². The molecular formula is C17H28O6. The van der Waals surface area contributed by atoms with Gasteiger partial charge in [-0.3, -0.25) is 4.79 Å². The molecule has 0 amide bonds. The van der Waals surface area contributed by atoms with Gasteiger partial charge in [0.15, 0.2) is 6.10 Å². The van der Waals surface area contributed by atoms with Gasteiger partial charge in [0.1, 0.15) is 5.78 Å². The maximum Gasteiger partial charge on any atom is 0.338 e. The summed E-state index contributed by atoms with van der Waals surface area (Å²) in [6.07, 6.45) is 0.865. The van der Waals surface area contributed by atoms with E-state index in [1.807, 2.05) is 0 Å². The lowest BCUT2D eigenvalue weighted by atomic mass is 9.70. The first-order valence-corrected chi connectivity index (χ1v) is 8.20. The van der Waals surface area contributed by atoms with E-state index in [-0.39, 0.29) is 17.6 Å². The molecule has 0 bridgehead atoms. The molecule has 0 aromatic heterocycles. The molecule has 0 radical (unpaired) electrons. The number of methoxy groups -OCH3 is 2. The average Bonchev–Trinajstić information content (AvgIpc) is 2.50. The zero-order valence-corrected chi connectivity index (χ0v) is 14.9. The Morgan fingerprint density at radius 3 is 2.26 bits per heavy atom. The van der Waals surface area contributed by atoms with Gasteiger partial charge in [-0.1, -0.05) is 13.8 Å². The molecule has 1 aliphatic carbocycles. The van der Waals surface area contributed by atoms with Crippen LogP contribution >= 0.6 is 0 Å². The first-order chi connectivity index (χ1) is 10.7. The molecule has 2 fully saturated rings. The third-order valence-electron chi connectivity index (χ3n) is 5.50. The lowest BCUT2D eigenvalue weighted by Gasteiger charge is -2.50. The average molecular weight is 328 g/mol. The minimum atomic E-state index is -1.33. The molecule has 1 saturated carbocycles.